The number of aliphatic imine (C=N–C) groups is 1. The molecule has 0 radical (unpaired) electrons. The van der Waals surface area contributed by atoms with Gasteiger partial charge >= 0.3 is 0 Å². The molecular weight excluding hydrogens is 386 g/mol. The van der Waals surface area contributed by atoms with E-state index in [-0.39, 0.29) is 10.7 Å². The highest BCUT2D eigenvalue weighted by Crippen LogP contribution is 2.19. The molecule has 29 heavy (non-hydrogen) atoms. The number of aromatic nitrogens is 1. The molecule has 0 spiro atoms. The molecule has 7 heteroatoms. The van der Waals surface area contributed by atoms with E-state index in [9.17, 15) is 8.42 Å². The van der Waals surface area contributed by atoms with Gasteiger partial charge in [0.2, 0.25) is 0 Å². The Hall–Kier alpha value is -3.19. The lowest BCUT2D eigenvalue weighted by Gasteiger charge is -2.08. The van der Waals surface area contributed by atoms with Crippen molar-refractivity contribution in [1.29, 1.82) is 0 Å². The van der Waals surface area contributed by atoms with Gasteiger partial charge < -0.3 is 4.74 Å². The van der Waals surface area contributed by atoms with E-state index >= 15 is 0 Å². The molecule has 0 atom stereocenters. The van der Waals surface area contributed by atoms with Crippen molar-refractivity contribution in [1.82, 2.24) is 4.98 Å². The molecule has 3 aromatic rings. The molecule has 1 aromatic heterocycles. The number of hydrogen-bond acceptors (Lipinski definition) is 5. The fourth-order valence-corrected chi connectivity index (χ4v) is 3.40. The molecule has 0 aliphatic carbocycles. The first-order valence-corrected chi connectivity index (χ1v) is 10.7. The average molecular weight is 410 g/mol. The van der Waals surface area contributed by atoms with Crippen molar-refractivity contribution >= 4 is 27.7 Å². The zero-order valence-corrected chi connectivity index (χ0v) is 17.1. The minimum Gasteiger partial charge on any atom is -0.493 e. The van der Waals surface area contributed by atoms with E-state index in [1.54, 1.807) is 36.5 Å². The average Bonchev–Trinajstić information content (AvgIpc) is 2.72. The Kier molecular flexibility index (Phi) is 6.61. The first-order chi connectivity index (χ1) is 13.9. The van der Waals surface area contributed by atoms with Crippen molar-refractivity contribution in [2.24, 2.45) is 10.9 Å². The molecule has 0 bridgehead atoms. The molecule has 2 aromatic carbocycles. The molecule has 150 valence electrons. The van der Waals surface area contributed by atoms with E-state index < -0.39 is 10.0 Å². The standard InChI is InChI=1S/C22H23N3O3S/c1-17(2)16-28-20-10-6-18(7-11-20)15-24-19-8-12-21(13-9-19)29(26,27)25-22-5-3-4-14-23-22/h3-15,17H,16H2,1-2H3,(H,23,25). The van der Waals surface area contributed by atoms with Gasteiger partial charge in [-0.05, 0) is 72.1 Å². The fourth-order valence-electron chi connectivity index (χ4n) is 2.39. The molecule has 0 saturated carbocycles. The molecule has 0 amide bonds. The summed E-state index contributed by atoms with van der Waals surface area (Å²) in [5.74, 6) is 1.57. The zero-order valence-electron chi connectivity index (χ0n) is 16.3. The van der Waals surface area contributed by atoms with E-state index in [1.807, 2.05) is 24.3 Å². The highest BCUT2D eigenvalue weighted by molar-refractivity contribution is 7.92. The summed E-state index contributed by atoms with van der Waals surface area (Å²) in [5, 5.41) is 0. The number of nitrogens with zero attached hydrogens (tertiary/aromatic N) is 2. The maximum Gasteiger partial charge on any atom is 0.263 e. The number of pyridine rings is 1. The summed E-state index contributed by atoms with van der Waals surface area (Å²) in [6.45, 7) is 4.89. The molecule has 3 rings (SSSR count). The summed E-state index contributed by atoms with van der Waals surface area (Å²) >= 11 is 0. The summed E-state index contributed by atoms with van der Waals surface area (Å²) < 4.78 is 32.9. The third-order valence-corrected chi connectivity index (χ3v) is 5.25. The van der Waals surface area contributed by atoms with Crippen LogP contribution in [0.2, 0.25) is 0 Å². The lowest BCUT2D eigenvalue weighted by molar-refractivity contribution is 0.271. The minimum absolute atomic E-state index is 0.147. The first kappa shape index (κ1) is 20.5. The number of hydrogen-bond donors (Lipinski definition) is 1. The van der Waals surface area contributed by atoms with Crippen LogP contribution in [-0.2, 0) is 10.0 Å². The van der Waals surface area contributed by atoms with Crippen molar-refractivity contribution < 1.29 is 13.2 Å². The van der Waals surface area contributed by atoms with E-state index in [1.165, 1.54) is 18.3 Å². The van der Waals surface area contributed by atoms with Gasteiger partial charge in [0, 0.05) is 12.4 Å². The van der Waals surface area contributed by atoms with Crippen LogP contribution in [0, 0.1) is 5.92 Å². The summed E-state index contributed by atoms with van der Waals surface area (Å²) in [5.41, 5.74) is 1.58. The van der Waals surface area contributed by atoms with E-state index in [0.29, 0.717) is 18.2 Å². The van der Waals surface area contributed by atoms with Crippen LogP contribution in [0.25, 0.3) is 0 Å². The molecule has 0 saturated heterocycles. The topological polar surface area (TPSA) is 80.6 Å². The predicted molar refractivity (Wildman–Crippen MR) is 116 cm³/mol. The molecule has 0 aliphatic rings. The second-order valence-corrected chi connectivity index (χ2v) is 8.53. The van der Waals surface area contributed by atoms with Gasteiger partial charge in [0.1, 0.15) is 11.6 Å². The van der Waals surface area contributed by atoms with E-state index in [0.717, 1.165) is 11.3 Å². The van der Waals surface area contributed by atoms with Gasteiger partial charge in [0.25, 0.3) is 10.0 Å². The number of nitrogens with one attached hydrogen (secondary N) is 1. The van der Waals surface area contributed by atoms with Gasteiger partial charge in [-0.1, -0.05) is 19.9 Å². The highest BCUT2D eigenvalue weighted by Gasteiger charge is 2.14. The minimum atomic E-state index is -3.69. The molecule has 0 unspecified atom stereocenters. The second kappa shape index (κ2) is 9.34. The lowest BCUT2D eigenvalue weighted by Crippen LogP contribution is -2.13. The van der Waals surface area contributed by atoms with Crippen molar-refractivity contribution in [2.75, 3.05) is 11.3 Å². The van der Waals surface area contributed by atoms with Crippen LogP contribution in [0.3, 0.4) is 0 Å². The Morgan fingerprint density at radius 2 is 1.76 bits per heavy atom. The number of ether oxygens (including phenoxy) is 1. The lowest BCUT2D eigenvalue weighted by atomic mass is 10.2. The maximum atomic E-state index is 12.4. The summed E-state index contributed by atoms with van der Waals surface area (Å²) in [6, 6.07) is 19.0. The Balaban J connectivity index is 1.64. The number of anilines is 1. The van der Waals surface area contributed by atoms with E-state index in [2.05, 4.69) is 28.5 Å². The van der Waals surface area contributed by atoms with Crippen molar-refractivity contribution in [2.45, 2.75) is 18.7 Å². The highest BCUT2D eigenvalue weighted by atomic mass is 32.2. The van der Waals surface area contributed by atoms with Crippen LogP contribution >= 0.6 is 0 Å². The molecule has 6 nitrogen and oxygen atoms in total. The Morgan fingerprint density at radius 1 is 1.03 bits per heavy atom. The van der Waals surface area contributed by atoms with Crippen molar-refractivity contribution in [3.05, 3.63) is 78.5 Å². The van der Waals surface area contributed by atoms with Crippen LogP contribution in [0.15, 0.2) is 82.8 Å². The Labute approximate surface area is 171 Å². The van der Waals surface area contributed by atoms with Crippen LogP contribution < -0.4 is 9.46 Å². The maximum absolute atomic E-state index is 12.4. The van der Waals surface area contributed by atoms with Gasteiger partial charge in [-0.3, -0.25) is 9.71 Å². The van der Waals surface area contributed by atoms with Gasteiger partial charge in [-0.25, -0.2) is 13.4 Å². The largest absolute Gasteiger partial charge is 0.493 e. The molecule has 0 aliphatic heterocycles. The predicted octanol–water partition coefficient (Wildman–Crippen LogP) is 4.67. The number of benzene rings is 2. The second-order valence-electron chi connectivity index (χ2n) is 6.85. The van der Waals surface area contributed by atoms with Crippen LogP contribution in [0.4, 0.5) is 11.5 Å². The summed E-state index contributed by atoms with van der Waals surface area (Å²) in [6.07, 6.45) is 3.25. The quantitative estimate of drug-likeness (QED) is 0.548. The Morgan fingerprint density at radius 3 is 2.38 bits per heavy atom. The molecular formula is C22H23N3O3S. The number of sulfonamides is 1. The van der Waals surface area contributed by atoms with Crippen molar-refractivity contribution in [3.63, 3.8) is 0 Å². The number of rotatable bonds is 8. The first-order valence-electron chi connectivity index (χ1n) is 9.23. The SMILES string of the molecule is CC(C)COc1ccc(C=Nc2ccc(S(=O)(=O)Nc3ccccn3)cc2)cc1. The fraction of sp³-hybridized carbons (Fsp3) is 0.182. The van der Waals surface area contributed by atoms with Crippen LogP contribution in [0.5, 0.6) is 5.75 Å². The third-order valence-electron chi connectivity index (χ3n) is 3.88. The summed E-state index contributed by atoms with van der Waals surface area (Å²) in [7, 11) is -3.69. The zero-order chi connectivity index (χ0) is 20.7. The smallest absolute Gasteiger partial charge is 0.263 e. The van der Waals surface area contributed by atoms with E-state index in [4.69, 9.17) is 4.74 Å². The monoisotopic (exact) mass is 409 g/mol. The molecule has 1 N–H and O–H groups in total. The van der Waals surface area contributed by atoms with Crippen molar-refractivity contribution in [3.8, 4) is 5.75 Å². The van der Waals surface area contributed by atoms with Gasteiger partial charge in [-0.15, -0.1) is 0 Å². The molecule has 0 fully saturated rings. The summed E-state index contributed by atoms with van der Waals surface area (Å²) in [4.78, 5) is 8.51. The van der Waals surface area contributed by atoms with Gasteiger partial charge in [0.05, 0.1) is 17.2 Å². The molecule has 1 heterocycles. The van der Waals surface area contributed by atoms with Crippen LogP contribution in [-0.4, -0.2) is 26.2 Å². The normalized spacial score (nSPS) is 11.7. The Bertz CT molecular complexity index is 1050. The van der Waals surface area contributed by atoms with Gasteiger partial charge in [-0.2, -0.15) is 0 Å². The third kappa shape index (κ3) is 6.15. The van der Waals surface area contributed by atoms with Gasteiger partial charge in [0.15, 0.2) is 0 Å². The van der Waals surface area contributed by atoms with Crippen LogP contribution in [0.1, 0.15) is 19.4 Å².